The Morgan fingerprint density at radius 3 is 1.53 bits per heavy atom. The monoisotopic (exact) mass is 220 g/mol. The van der Waals surface area contributed by atoms with Crippen LogP contribution in [0, 0.1) is 11.8 Å². The van der Waals surface area contributed by atoms with E-state index in [0.29, 0.717) is 0 Å². The molecule has 78 valence electrons. The minimum absolute atomic E-state index is 0.131. The molecule has 0 aromatic carbocycles. The number of allylic oxidation sites excluding steroid dienone is 6. The van der Waals surface area contributed by atoms with E-state index >= 15 is 0 Å². The molecule has 0 bridgehead atoms. The zero-order chi connectivity index (χ0) is 10.5. The molecule has 3 heteroatoms. The molecule has 3 aliphatic rings. The molecule has 2 nitrogen and oxygen atoms in total. The summed E-state index contributed by atoms with van der Waals surface area (Å²) in [6.07, 6.45) is 15.3. The first-order chi connectivity index (χ1) is 7.21. The van der Waals surface area contributed by atoms with Crippen molar-refractivity contribution in [2.75, 3.05) is 0 Å². The van der Waals surface area contributed by atoms with E-state index in [1.165, 1.54) is 0 Å². The van der Waals surface area contributed by atoms with Crippen LogP contribution in [0.4, 0.5) is 0 Å². The highest BCUT2D eigenvalue weighted by Crippen LogP contribution is 2.43. The molecule has 0 unspecified atom stereocenters. The minimum Gasteiger partial charge on any atom is -0.228 e. The summed E-state index contributed by atoms with van der Waals surface area (Å²) in [6, 6.07) is 0. The molecule has 1 aliphatic heterocycles. The van der Waals surface area contributed by atoms with E-state index in [9.17, 15) is 8.42 Å². The summed E-state index contributed by atoms with van der Waals surface area (Å²) in [7, 11) is -3.02. The minimum atomic E-state index is -3.02. The van der Waals surface area contributed by atoms with E-state index in [4.69, 9.17) is 0 Å². The van der Waals surface area contributed by atoms with Gasteiger partial charge in [-0.15, -0.1) is 0 Å². The van der Waals surface area contributed by atoms with Crippen molar-refractivity contribution in [3.05, 3.63) is 48.6 Å². The van der Waals surface area contributed by atoms with Crippen LogP contribution < -0.4 is 0 Å². The van der Waals surface area contributed by atoms with Crippen molar-refractivity contribution in [3.8, 4) is 0 Å². The highest BCUT2D eigenvalue weighted by molar-refractivity contribution is 7.93. The van der Waals surface area contributed by atoms with E-state index in [1.54, 1.807) is 0 Å². The second kappa shape index (κ2) is 2.95. The van der Waals surface area contributed by atoms with Crippen LogP contribution in [0.1, 0.15) is 0 Å². The van der Waals surface area contributed by atoms with Gasteiger partial charge in [0.15, 0.2) is 9.84 Å². The maximum absolute atomic E-state index is 12.2. The number of rotatable bonds is 0. The fourth-order valence-corrected chi connectivity index (χ4v) is 5.14. The standard InChI is InChI=1S/C12H12O2S/c13-15(14)11-7-3-1-5-9(11)10-6-2-4-8-12(10)15/h1-12H/t9-,10+,11-,12-/m0/s1. The van der Waals surface area contributed by atoms with Gasteiger partial charge in [-0.2, -0.15) is 0 Å². The molecule has 0 amide bonds. The average molecular weight is 220 g/mol. The Balaban J connectivity index is 2.16. The maximum Gasteiger partial charge on any atom is 0.164 e. The molecule has 0 aromatic heterocycles. The van der Waals surface area contributed by atoms with Crippen LogP contribution in [0.3, 0.4) is 0 Å². The third kappa shape index (κ3) is 1.13. The number of hydrogen-bond acceptors (Lipinski definition) is 2. The largest absolute Gasteiger partial charge is 0.228 e. The van der Waals surface area contributed by atoms with Gasteiger partial charge in [0.1, 0.15) is 0 Å². The van der Waals surface area contributed by atoms with E-state index in [2.05, 4.69) is 0 Å². The van der Waals surface area contributed by atoms with Crippen LogP contribution in [0.5, 0.6) is 0 Å². The first-order valence-electron chi connectivity index (χ1n) is 5.14. The van der Waals surface area contributed by atoms with Crippen LogP contribution in [0.25, 0.3) is 0 Å². The van der Waals surface area contributed by atoms with Crippen LogP contribution in [0.15, 0.2) is 48.6 Å². The molecule has 1 saturated heterocycles. The van der Waals surface area contributed by atoms with Crippen molar-refractivity contribution >= 4 is 9.84 Å². The van der Waals surface area contributed by atoms with Crippen molar-refractivity contribution in [2.45, 2.75) is 10.5 Å². The van der Waals surface area contributed by atoms with E-state index in [1.807, 2.05) is 48.6 Å². The summed E-state index contributed by atoms with van der Waals surface area (Å²) in [4.78, 5) is 0. The summed E-state index contributed by atoms with van der Waals surface area (Å²) in [6.45, 7) is 0. The molecule has 1 heterocycles. The van der Waals surface area contributed by atoms with Gasteiger partial charge < -0.3 is 0 Å². The summed E-state index contributed by atoms with van der Waals surface area (Å²) in [5, 5.41) is -0.630. The highest BCUT2D eigenvalue weighted by atomic mass is 32.2. The van der Waals surface area contributed by atoms with Gasteiger partial charge in [-0.05, 0) is 0 Å². The Bertz CT molecular complexity index is 454. The van der Waals surface area contributed by atoms with Gasteiger partial charge in [-0.1, -0.05) is 48.6 Å². The smallest absolute Gasteiger partial charge is 0.164 e. The Hall–Kier alpha value is -1.09. The lowest BCUT2D eigenvalue weighted by Gasteiger charge is -2.19. The predicted molar refractivity (Wildman–Crippen MR) is 60.0 cm³/mol. The second-order valence-electron chi connectivity index (χ2n) is 4.21. The summed E-state index contributed by atoms with van der Waals surface area (Å²) in [5.74, 6) is 0.261. The molecule has 15 heavy (non-hydrogen) atoms. The van der Waals surface area contributed by atoms with Gasteiger partial charge >= 0.3 is 0 Å². The Morgan fingerprint density at radius 1 is 0.667 bits per heavy atom. The van der Waals surface area contributed by atoms with E-state index in [0.717, 1.165) is 0 Å². The fraction of sp³-hybridized carbons (Fsp3) is 0.333. The van der Waals surface area contributed by atoms with E-state index < -0.39 is 9.84 Å². The Kier molecular flexibility index (Phi) is 1.80. The lowest BCUT2D eigenvalue weighted by Crippen LogP contribution is -2.23. The first-order valence-corrected chi connectivity index (χ1v) is 6.75. The second-order valence-corrected chi connectivity index (χ2v) is 6.48. The molecular weight excluding hydrogens is 208 g/mol. The first kappa shape index (κ1) is 9.16. The molecule has 0 radical (unpaired) electrons. The topological polar surface area (TPSA) is 34.1 Å². The normalized spacial score (nSPS) is 44.0. The lowest BCUT2D eigenvalue weighted by molar-refractivity contribution is 0.527. The molecule has 3 rings (SSSR count). The van der Waals surface area contributed by atoms with Crippen LogP contribution in [0.2, 0.25) is 0 Å². The zero-order valence-electron chi connectivity index (χ0n) is 8.15. The molecule has 1 fully saturated rings. The Morgan fingerprint density at radius 2 is 1.07 bits per heavy atom. The van der Waals surface area contributed by atoms with Crippen molar-refractivity contribution in [1.29, 1.82) is 0 Å². The van der Waals surface area contributed by atoms with Crippen LogP contribution in [-0.2, 0) is 9.84 Å². The summed E-state index contributed by atoms with van der Waals surface area (Å²) < 4.78 is 24.4. The van der Waals surface area contributed by atoms with Crippen molar-refractivity contribution < 1.29 is 8.42 Å². The molecule has 0 spiro atoms. The molecule has 0 saturated carbocycles. The van der Waals surface area contributed by atoms with Crippen LogP contribution in [-0.4, -0.2) is 18.9 Å². The number of fused-ring (bicyclic) bond motifs is 3. The SMILES string of the molecule is O=S1(=O)[C@H]2C=CC=C[C@@H]2[C@@H]2C=CC=C[C@@H]21. The average Bonchev–Trinajstić information content (AvgIpc) is 2.51. The van der Waals surface area contributed by atoms with Crippen LogP contribution >= 0.6 is 0 Å². The Labute approximate surface area is 89.6 Å². The van der Waals surface area contributed by atoms with Gasteiger partial charge in [-0.3, -0.25) is 0 Å². The van der Waals surface area contributed by atoms with E-state index in [-0.39, 0.29) is 22.3 Å². The van der Waals surface area contributed by atoms with Gasteiger partial charge in [0.25, 0.3) is 0 Å². The van der Waals surface area contributed by atoms with Gasteiger partial charge in [0.2, 0.25) is 0 Å². The van der Waals surface area contributed by atoms with Gasteiger partial charge in [-0.25, -0.2) is 8.42 Å². The fourth-order valence-electron chi connectivity index (χ4n) is 2.74. The van der Waals surface area contributed by atoms with Gasteiger partial charge in [0, 0.05) is 11.8 Å². The summed E-state index contributed by atoms with van der Waals surface area (Å²) >= 11 is 0. The predicted octanol–water partition coefficient (Wildman–Crippen LogP) is 1.64. The molecule has 2 aliphatic carbocycles. The van der Waals surface area contributed by atoms with Crippen molar-refractivity contribution in [3.63, 3.8) is 0 Å². The zero-order valence-corrected chi connectivity index (χ0v) is 8.97. The molecule has 0 aromatic rings. The maximum atomic E-state index is 12.2. The van der Waals surface area contributed by atoms with Crippen molar-refractivity contribution in [1.82, 2.24) is 0 Å². The molecular formula is C12H12O2S. The summed E-state index contributed by atoms with van der Waals surface area (Å²) in [5.41, 5.74) is 0. The van der Waals surface area contributed by atoms with Crippen molar-refractivity contribution in [2.24, 2.45) is 11.8 Å². The lowest BCUT2D eigenvalue weighted by atomic mass is 9.83. The third-order valence-corrected chi connectivity index (χ3v) is 5.91. The molecule has 0 N–H and O–H groups in total. The number of hydrogen-bond donors (Lipinski definition) is 0. The van der Waals surface area contributed by atoms with Gasteiger partial charge in [0.05, 0.1) is 10.5 Å². The molecule has 4 atom stereocenters. The highest BCUT2D eigenvalue weighted by Gasteiger charge is 2.51. The quantitative estimate of drug-likeness (QED) is 0.622. The third-order valence-electron chi connectivity index (χ3n) is 3.45. The number of sulfone groups is 1.